The lowest BCUT2D eigenvalue weighted by molar-refractivity contribution is 0.678. The molecule has 0 spiro atoms. The molecule has 16 heavy (non-hydrogen) atoms. The second-order valence-electron chi connectivity index (χ2n) is 4.02. The van der Waals surface area contributed by atoms with E-state index in [1.807, 2.05) is 18.3 Å². The zero-order valence-corrected chi connectivity index (χ0v) is 12.4. The Hall–Kier alpha value is 0.1000. The molecule has 5 heteroatoms. The molecule has 1 aliphatic carbocycles. The summed E-state index contributed by atoms with van der Waals surface area (Å²) in [6, 6.07) is 1.92. The van der Waals surface area contributed by atoms with E-state index < -0.39 is 0 Å². The Kier molecular flexibility index (Phi) is 3.74. The molecule has 1 aromatic rings. The summed E-state index contributed by atoms with van der Waals surface area (Å²) in [5.41, 5.74) is 7.72. The molecule has 2 nitrogen and oxygen atoms in total. The van der Waals surface area contributed by atoms with E-state index >= 15 is 0 Å². The molecule has 0 unspecified atom stereocenters. The number of pyridine rings is 1. The molecule has 0 radical (unpaired) electrons. The number of hydrogen-bond acceptors (Lipinski definition) is 2. The fourth-order valence-electron chi connectivity index (χ4n) is 1.74. The number of rotatable bonds is 3. The van der Waals surface area contributed by atoms with E-state index in [0.717, 1.165) is 27.5 Å². The van der Waals surface area contributed by atoms with E-state index in [9.17, 15) is 0 Å². The molecular formula is C11H11Br2ClN2. The predicted molar refractivity (Wildman–Crippen MR) is 75.0 cm³/mol. The van der Waals surface area contributed by atoms with Gasteiger partial charge in [-0.1, -0.05) is 11.6 Å². The van der Waals surface area contributed by atoms with Crippen LogP contribution in [-0.2, 0) is 5.41 Å². The third-order valence-corrected chi connectivity index (χ3v) is 3.63. The molecule has 0 aromatic carbocycles. The Morgan fingerprint density at radius 2 is 2.25 bits per heavy atom. The first-order chi connectivity index (χ1) is 7.57. The summed E-state index contributed by atoms with van der Waals surface area (Å²) in [6.45, 7) is 0.622. The molecule has 0 aliphatic heterocycles. The summed E-state index contributed by atoms with van der Waals surface area (Å²) in [7, 11) is 0. The van der Waals surface area contributed by atoms with Gasteiger partial charge in [0.15, 0.2) is 0 Å². The van der Waals surface area contributed by atoms with Gasteiger partial charge in [-0.05, 0) is 62.4 Å². The van der Waals surface area contributed by atoms with Crippen LogP contribution in [0.3, 0.4) is 0 Å². The number of hydrogen-bond donors (Lipinski definition) is 1. The van der Waals surface area contributed by atoms with Crippen molar-refractivity contribution in [2.45, 2.75) is 18.3 Å². The van der Waals surface area contributed by atoms with Crippen LogP contribution in [0.25, 0.3) is 6.08 Å². The van der Waals surface area contributed by atoms with Gasteiger partial charge in [-0.25, -0.2) is 0 Å². The van der Waals surface area contributed by atoms with Crippen LogP contribution >= 0.6 is 43.5 Å². The highest BCUT2D eigenvalue weighted by Crippen LogP contribution is 2.48. The molecule has 1 aromatic heterocycles. The minimum Gasteiger partial charge on any atom is -0.330 e. The van der Waals surface area contributed by atoms with Gasteiger partial charge in [0, 0.05) is 18.2 Å². The lowest BCUT2D eigenvalue weighted by Crippen LogP contribution is -2.21. The Morgan fingerprint density at radius 3 is 2.69 bits per heavy atom. The van der Waals surface area contributed by atoms with Crippen molar-refractivity contribution in [2.75, 3.05) is 6.54 Å². The lowest BCUT2D eigenvalue weighted by Gasteiger charge is -2.13. The highest BCUT2D eigenvalue weighted by atomic mass is 79.9. The van der Waals surface area contributed by atoms with Gasteiger partial charge < -0.3 is 5.73 Å². The Morgan fingerprint density at radius 1 is 1.56 bits per heavy atom. The zero-order chi connectivity index (χ0) is 11.8. The maximum absolute atomic E-state index is 6.24. The minimum atomic E-state index is 0.0466. The lowest BCUT2D eigenvalue weighted by atomic mass is 10.0. The maximum atomic E-state index is 6.24. The van der Waals surface area contributed by atoms with E-state index in [2.05, 4.69) is 36.8 Å². The standard InChI is InChI=1S/C11H11Br2ClN2/c12-9(13)4-7-3-8(14)10(16-5-7)11(6-15)1-2-11/h3-5H,1-2,6,15H2. The van der Waals surface area contributed by atoms with Gasteiger partial charge in [0.05, 0.1) is 14.1 Å². The Bertz CT molecular complexity index is 438. The zero-order valence-electron chi connectivity index (χ0n) is 8.51. The van der Waals surface area contributed by atoms with Crippen LogP contribution in [0.15, 0.2) is 15.7 Å². The second kappa shape index (κ2) is 4.77. The molecular weight excluding hydrogens is 355 g/mol. The van der Waals surface area contributed by atoms with Gasteiger partial charge in [-0.15, -0.1) is 0 Å². The number of halogens is 3. The highest BCUT2D eigenvalue weighted by Gasteiger charge is 2.45. The van der Waals surface area contributed by atoms with Crippen molar-refractivity contribution in [3.05, 3.63) is 31.9 Å². The SMILES string of the molecule is NCC1(c2ncc(C=C(Br)Br)cc2Cl)CC1. The van der Waals surface area contributed by atoms with E-state index in [1.54, 1.807) is 0 Å². The molecule has 2 rings (SSSR count). The van der Waals surface area contributed by atoms with Crippen molar-refractivity contribution in [1.29, 1.82) is 0 Å². The molecule has 0 atom stereocenters. The number of aromatic nitrogens is 1. The average Bonchev–Trinajstić information content (AvgIpc) is 2.97. The van der Waals surface area contributed by atoms with Crippen LogP contribution in [0.4, 0.5) is 0 Å². The first-order valence-corrected chi connectivity index (χ1v) is 6.92. The fraction of sp³-hybridized carbons (Fsp3) is 0.364. The smallest absolute Gasteiger partial charge is 0.0664 e. The summed E-state index contributed by atoms with van der Waals surface area (Å²) in [5, 5.41) is 0.706. The van der Waals surface area contributed by atoms with E-state index in [1.165, 1.54) is 0 Å². The highest BCUT2D eigenvalue weighted by molar-refractivity contribution is 9.28. The van der Waals surface area contributed by atoms with Crippen LogP contribution in [0.2, 0.25) is 5.02 Å². The molecule has 2 N–H and O–H groups in total. The third-order valence-electron chi connectivity index (χ3n) is 2.88. The van der Waals surface area contributed by atoms with Gasteiger partial charge >= 0.3 is 0 Å². The van der Waals surface area contributed by atoms with E-state index in [-0.39, 0.29) is 5.41 Å². The van der Waals surface area contributed by atoms with Gasteiger partial charge in [0.2, 0.25) is 0 Å². The molecule has 0 bridgehead atoms. The molecule has 86 valence electrons. The predicted octanol–water partition coefficient (Wildman–Crippen LogP) is 3.81. The second-order valence-corrected chi connectivity index (χ2v) is 7.20. The van der Waals surface area contributed by atoms with Crippen molar-refractivity contribution < 1.29 is 0 Å². The van der Waals surface area contributed by atoms with Crippen LogP contribution < -0.4 is 5.73 Å². The van der Waals surface area contributed by atoms with Crippen LogP contribution in [0, 0.1) is 0 Å². The number of nitrogens with two attached hydrogens (primary N) is 1. The molecule has 1 saturated carbocycles. The molecule has 0 saturated heterocycles. The first-order valence-electron chi connectivity index (χ1n) is 4.96. The normalized spacial score (nSPS) is 17.0. The van der Waals surface area contributed by atoms with Gasteiger partial charge in [0.1, 0.15) is 0 Å². The van der Waals surface area contributed by atoms with Gasteiger partial charge in [0.25, 0.3) is 0 Å². The van der Waals surface area contributed by atoms with E-state index in [0.29, 0.717) is 11.6 Å². The maximum Gasteiger partial charge on any atom is 0.0664 e. The summed E-state index contributed by atoms with van der Waals surface area (Å²) in [6.07, 6.45) is 5.91. The summed E-state index contributed by atoms with van der Waals surface area (Å²) >= 11 is 12.9. The quantitative estimate of drug-likeness (QED) is 0.883. The summed E-state index contributed by atoms with van der Waals surface area (Å²) in [5.74, 6) is 0. The van der Waals surface area contributed by atoms with E-state index in [4.69, 9.17) is 17.3 Å². The summed E-state index contributed by atoms with van der Waals surface area (Å²) in [4.78, 5) is 4.44. The molecule has 1 aliphatic rings. The minimum absolute atomic E-state index is 0.0466. The van der Waals surface area contributed by atoms with Crippen molar-refractivity contribution in [2.24, 2.45) is 5.73 Å². The monoisotopic (exact) mass is 364 g/mol. The Labute approximate surface area is 117 Å². The van der Waals surface area contributed by atoms with Crippen molar-refractivity contribution in [1.82, 2.24) is 4.98 Å². The average molecular weight is 366 g/mol. The van der Waals surface area contributed by atoms with Crippen molar-refractivity contribution in [3.63, 3.8) is 0 Å². The van der Waals surface area contributed by atoms with Crippen molar-refractivity contribution >= 4 is 49.5 Å². The Balaban J connectivity index is 2.34. The first kappa shape index (κ1) is 12.6. The third kappa shape index (κ3) is 2.50. The number of nitrogens with zero attached hydrogens (tertiary/aromatic N) is 1. The van der Waals surface area contributed by atoms with Crippen molar-refractivity contribution in [3.8, 4) is 0 Å². The molecule has 1 fully saturated rings. The summed E-state index contributed by atoms with van der Waals surface area (Å²) < 4.78 is 0.866. The topological polar surface area (TPSA) is 38.9 Å². The molecule has 0 amide bonds. The van der Waals surface area contributed by atoms with Gasteiger partial charge in [-0.2, -0.15) is 0 Å². The van der Waals surface area contributed by atoms with Crippen LogP contribution in [-0.4, -0.2) is 11.5 Å². The molecule has 1 heterocycles. The van der Waals surface area contributed by atoms with Gasteiger partial charge in [-0.3, -0.25) is 4.98 Å². The fourth-order valence-corrected chi connectivity index (χ4v) is 2.64. The largest absolute Gasteiger partial charge is 0.330 e. The van der Waals surface area contributed by atoms with Crippen LogP contribution in [0.1, 0.15) is 24.1 Å². The van der Waals surface area contributed by atoms with Crippen LogP contribution in [0.5, 0.6) is 0 Å².